The SMILES string of the molecule is CN=C(NCCCN1CCN(c2ncccn2)CC1)NC(C)CCC(C)(C)C. The Bertz CT molecular complexity index is 574. The smallest absolute Gasteiger partial charge is 0.225 e. The number of hydrogen-bond acceptors (Lipinski definition) is 5. The van der Waals surface area contributed by atoms with Crippen LogP contribution in [0.1, 0.15) is 47.0 Å². The van der Waals surface area contributed by atoms with E-state index >= 15 is 0 Å². The lowest BCUT2D eigenvalue weighted by Crippen LogP contribution is -2.48. The molecule has 158 valence electrons. The Morgan fingerprint density at radius 3 is 2.46 bits per heavy atom. The van der Waals surface area contributed by atoms with Gasteiger partial charge in [0, 0.05) is 58.2 Å². The quantitative estimate of drug-likeness (QED) is 0.404. The van der Waals surface area contributed by atoms with Crippen LogP contribution in [-0.4, -0.2) is 73.2 Å². The molecule has 0 saturated carbocycles. The predicted molar refractivity (Wildman–Crippen MR) is 118 cm³/mol. The van der Waals surface area contributed by atoms with E-state index in [0.717, 1.165) is 64.0 Å². The maximum absolute atomic E-state index is 4.36. The van der Waals surface area contributed by atoms with Gasteiger partial charge in [0.1, 0.15) is 0 Å². The zero-order valence-electron chi connectivity index (χ0n) is 18.4. The number of aliphatic imine (C=N–C) groups is 1. The largest absolute Gasteiger partial charge is 0.356 e. The lowest BCUT2D eigenvalue weighted by atomic mass is 9.89. The molecule has 1 fully saturated rings. The molecule has 1 aliphatic heterocycles. The molecule has 0 radical (unpaired) electrons. The Morgan fingerprint density at radius 2 is 1.86 bits per heavy atom. The van der Waals surface area contributed by atoms with Crippen LogP contribution in [0.2, 0.25) is 0 Å². The molecule has 0 aliphatic carbocycles. The number of piperazine rings is 1. The zero-order valence-corrected chi connectivity index (χ0v) is 18.4. The number of hydrogen-bond donors (Lipinski definition) is 2. The van der Waals surface area contributed by atoms with Crippen molar-refractivity contribution in [1.29, 1.82) is 0 Å². The second-order valence-electron chi connectivity index (χ2n) is 8.87. The van der Waals surface area contributed by atoms with E-state index in [1.54, 1.807) is 0 Å². The molecule has 0 bridgehead atoms. The van der Waals surface area contributed by atoms with Crippen LogP contribution in [-0.2, 0) is 0 Å². The number of rotatable bonds is 8. The number of anilines is 1. The maximum Gasteiger partial charge on any atom is 0.225 e. The first-order valence-electron chi connectivity index (χ1n) is 10.6. The summed E-state index contributed by atoms with van der Waals surface area (Å²) in [5.74, 6) is 1.76. The second kappa shape index (κ2) is 11.2. The lowest BCUT2D eigenvalue weighted by Gasteiger charge is -2.34. The minimum atomic E-state index is 0.379. The summed E-state index contributed by atoms with van der Waals surface area (Å²) >= 11 is 0. The van der Waals surface area contributed by atoms with Crippen molar-refractivity contribution in [2.24, 2.45) is 10.4 Å². The number of guanidine groups is 1. The Balaban J connectivity index is 1.59. The zero-order chi connectivity index (χ0) is 20.4. The molecule has 0 aromatic carbocycles. The van der Waals surface area contributed by atoms with Crippen molar-refractivity contribution in [3.63, 3.8) is 0 Å². The Labute approximate surface area is 171 Å². The van der Waals surface area contributed by atoms with Crippen molar-refractivity contribution in [1.82, 2.24) is 25.5 Å². The molecule has 1 unspecified atom stereocenters. The van der Waals surface area contributed by atoms with Crippen molar-refractivity contribution >= 4 is 11.9 Å². The standard InChI is InChI=1S/C21H39N7/c1-18(8-9-21(2,3)4)26-19(22-5)23-12-7-13-27-14-16-28(17-15-27)20-24-10-6-11-25-20/h6,10-11,18H,7-9,12-17H2,1-5H3,(H2,22,23,26). The highest BCUT2D eigenvalue weighted by atomic mass is 15.3. The van der Waals surface area contributed by atoms with Gasteiger partial charge in [0.15, 0.2) is 5.96 Å². The van der Waals surface area contributed by atoms with Crippen LogP contribution in [0.3, 0.4) is 0 Å². The van der Waals surface area contributed by atoms with Crippen LogP contribution in [0.15, 0.2) is 23.5 Å². The van der Waals surface area contributed by atoms with Crippen LogP contribution in [0.5, 0.6) is 0 Å². The number of aromatic nitrogens is 2. The first-order valence-corrected chi connectivity index (χ1v) is 10.6. The first kappa shape index (κ1) is 22.4. The summed E-state index contributed by atoms with van der Waals surface area (Å²) < 4.78 is 0. The summed E-state index contributed by atoms with van der Waals surface area (Å²) in [7, 11) is 1.84. The Kier molecular flexibility index (Phi) is 8.96. The van der Waals surface area contributed by atoms with Crippen LogP contribution in [0, 0.1) is 5.41 Å². The monoisotopic (exact) mass is 389 g/mol. The molecular formula is C21H39N7. The predicted octanol–water partition coefficient (Wildman–Crippen LogP) is 2.37. The van der Waals surface area contributed by atoms with Crippen LogP contribution < -0.4 is 15.5 Å². The van der Waals surface area contributed by atoms with E-state index in [2.05, 4.69) is 63.1 Å². The molecular weight excluding hydrogens is 350 g/mol. The van der Waals surface area contributed by atoms with E-state index in [1.165, 1.54) is 6.42 Å². The van der Waals surface area contributed by atoms with Gasteiger partial charge in [-0.05, 0) is 44.2 Å². The Hall–Kier alpha value is -1.89. The van der Waals surface area contributed by atoms with Crippen molar-refractivity contribution in [2.45, 2.75) is 53.0 Å². The molecule has 2 heterocycles. The van der Waals surface area contributed by atoms with Gasteiger partial charge in [0.2, 0.25) is 5.95 Å². The molecule has 1 aromatic rings. The highest BCUT2D eigenvalue weighted by Gasteiger charge is 2.18. The molecule has 1 saturated heterocycles. The van der Waals surface area contributed by atoms with Crippen molar-refractivity contribution in [3.8, 4) is 0 Å². The van der Waals surface area contributed by atoms with E-state index in [9.17, 15) is 0 Å². The molecule has 0 spiro atoms. The number of nitrogens with one attached hydrogen (secondary N) is 2. The molecule has 1 aliphatic rings. The molecule has 1 atom stereocenters. The molecule has 0 amide bonds. The summed E-state index contributed by atoms with van der Waals surface area (Å²) in [4.78, 5) is 17.8. The fraction of sp³-hybridized carbons (Fsp3) is 0.762. The van der Waals surface area contributed by atoms with Crippen molar-refractivity contribution in [3.05, 3.63) is 18.5 Å². The molecule has 28 heavy (non-hydrogen) atoms. The van der Waals surface area contributed by atoms with Gasteiger partial charge >= 0.3 is 0 Å². The van der Waals surface area contributed by atoms with E-state index in [0.29, 0.717) is 11.5 Å². The third-order valence-corrected chi connectivity index (χ3v) is 5.08. The van der Waals surface area contributed by atoms with Gasteiger partial charge in [0.25, 0.3) is 0 Å². The second-order valence-corrected chi connectivity index (χ2v) is 8.87. The van der Waals surface area contributed by atoms with Gasteiger partial charge < -0.3 is 15.5 Å². The third-order valence-electron chi connectivity index (χ3n) is 5.08. The molecule has 2 N–H and O–H groups in total. The fourth-order valence-electron chi connectivity index (χ4n) is 3.29. The van der Waals surface area contributed by atoms with Gasteiger partial charge in [-0.25, -0.2) is 9.97 Å². The normalized spacial score (nSPS) is 17.5. The van der Waals surface area contributed by atoms with Gasteiger partial charge in [-0.2, -0.15) is 0 Å². The van der Waals surface area contributed by atoms with E-state index in [4.69, 9.17) is 0 Å². The van der Waals surface area contributed by atoms with Crippen LogP contribution >= 0.6 is 0 Å². The van der Waals surface area contributed by atoms with Crippen LogP contribution in [0.4, 0.5) is 5.95 Å². The average molecular weight is 390 g/mol. The summed E-state index contributed by atoms with van der Waals surface area (Å²) in [6.07, 6.45) is 7.09. The van der Waals surface area contributed by atoms with E-state index in [1.807, 2.05) is 25.5 Å². The third kappa shape index (κ3) is 8.42. The van der Waals surface area contributed by atoms with Crippen LogP contribution in [0.25, 0.3) is 0 Å². The fourth-order valence-corrected chi connectivity index (χ4v) is 3.29. The molecule has 7 heteroatoms. The van der Waals surface area contributed by atoms with E-state index < -0.39 is 0 Å². The first-order chi connectivity index (χ1) is 13.4. The van der Waals surface area contributed by atoms with Gasteiger partial charge in [-0.15, -0.1) is 0 Å². The Morgan fingerprint density at radius 1 is 1.18 bits per heavy atom. The summed E-state index contributed by atoms with van der Waals surface area (Å²) in [5, 5.41) is 6.96. The van der Waals surface area contributed by atoms with Gasteiger partial charge in [-0.1, -0.05) is 20.8 Å². The number of nitrogens with zero attached hydrogens (tertiary/aromatic N) is 5. The summed E-state index contributed by atoms with van der Waals surface area (Å²) in [6.45, 7) is 15.3. The molecule has 1 aromatic heterocycles. The van der Waals surface area contributed by atoms with Crippen molar-refractivity contribution < 1.29 is 0 Å². The minimum absolute atomic E-state index is 0.379. The lowest BCUT2D eigenvalue weighted by molar-refractivity contribution is 0.254. The molecule has 2 rings (SSSR count). The van der Waals surface area contributed by atoms with Crippen molar-refractivity contribution in [2.75, 3.05) is 51.2 Å². The maximum atomic E-state index is 4.36. The van der Waals surface area contributed by atoms with Gasteiger partial charge in [-0.3, -0.25) is 9.89 Å². The minimum Gasteiger partial charge on any atom is -0.356 e. The summed E-state index contributed by atoms with van der Waals surface area (Å²) in [6, 6.07) is 2.29. The molecule has 7 nitrogen and oxygen atoms in total. The summed E-state index contributed by atoms with van der Waals surface area (Å²) in [5.41, 5.74) is 0.379. The topological polar surface area (TPSA) is 68.7 Å². The van der Waals surface area contributed by atoms with Gasteiger partial charge in [0.05, 0.1) is 0 Å². The average Bonchev–Trinajstić information content (AvgIpc) is 2.69. The highest BCUT2D eigenvalue weighted by Crippen LogP contribution is 2.21. The highest BCUT2D eigenvalue weighted by molar-refractivity contribution is 5.79. The van der Waals surface area contributed by atoms with E-state index in [-0.39, 0.29) is 0 Å².